The molecule has 1 unspecified atom stereocenters. The van der Waals surface area contributed by atoms with E-state index in [2.05, 4.69) is 28.5 Å². The maximum atomic E-state index is 12.4. The summed E-state index contributed by atoms with van der Waals surface area (Å²) in [5, 5.41) is 10.8. The number of fused-ring (bicyclic) bond motifs is 1. The average molecular weight is 325 g/mol. The second kappa shape index (κ2) is 6.36. The molecular formula is C15H23N3O3S. The highest BCUT2D eigenvalue weighted by molar-refractivity contribution is 7.89. The second-order valence-electron chi connectivity index (χ2n) is 6.31. The molecule has 2 aromatic rings. The summed E-state index contributed by atoms with van der Waals surface area (Å²) in [6.07, 6.45) is 4.40. The molecule has 2 rings (SSSR count). The molecule has 0 bridgehead atoms. The van der Waals surface area contributed by atoms with E-state index in [4.69, 9.17) is 0 Å². The highest BCUT2D eigenvalue weighted by Crippen LogP contribution is 2.21. The summed E-state index contributed by atoms with van der Waals surface area (Å²) in [7, 11) is -3.70. The smallest absolute Gasteiger partial charge is 0.242 e. The Morgan fingerprint density at radius 1 is 1.45 bits per heavy atom. The number of aromatic nitrogens is 2. The van der Waals surface area contributed by atoms with Crippen molar-refractivity contribution in [3.05, 3.63) is 24.5 Å². The zero-order valence-electron chi connectivity index (χ0n) is 13.1. The van der Waals surface area contributed by atoms with Gasteiger partial charge in [0.05, 0.1) is 5.60 Å². The van der Waals surface area contributed by atoms with Gasteiger partial charge >= 0.3 is 0 Å². The number of H-pyrrole nitrogens is 1. The van der Waals surface area contributed by atoms with Gasteiger partial charge in [-0.05, 0) is 37.8 Å². The minimum atomic E-state index is -3.70. The molecule has 3 N–H and O–H groups in total. The Hall–Kier alpha value is -1.44. The number of nitrogens with one attached hydrogen (secondary N) is 2. The highest BCUT2D eigenvalue weighted by atomic mass is 32.2. The molecule has 22 heavy (non-hydrogen) atoms. The first kappa shape index (κ1) is 16.9. The largest absolute Gasteiger partial charge is 0.389 e. The van der Waals surface area contributed by atoms with E-state index in [9.17, 15) is 13.5 Å². The molecule has 0 aliphatic heterocycles. The predicted octanol–water partition coefficient (Wildman–Crippen LogP) is 2.03. The van der Waals surface area contributed by atoms with E-state index in [0.29, 0.717) is 23.4 Å². The maximum Gasteiger partial charge on any atom is 0.242 e. The number of hydrogen-bond donors (Lipinski definition) is 3. The average Bonchev–Trinajstić information content (AvgIpc) is 2.88. The van der Waals surface area contributed by atoms with Crippen LogP contribution >= 0.6 is 0 Å². The van der Waals surface area contributed by atoms with Crippen LogP contribution in [-0.4, -0.2) is 35.6 Å². The molecule has 0 radical (unpaired) electrons. The first-order chi connectivity index (χ1) is 10.2. The van der Waals surface area contributed by atoms with Crippen LogP contribution in [0.1, 0.15) is 33.6 Å². The molecule has 2 heterocycles. The van der Waals surface area contributed by atoms with Gasteiger partial charge < -0.3 is 10.1 Å². The molecule has 7 heteroatoms. The predicted molar refractivity (Wildman–Crippen MR) is 86.0 cm³/mol. The lowest BCUT2D eigenvalue weighted by molar-refractivity contribution is 0.0506. The van der Waals surface area contributed by atoms with Crippen LogP contribution in [0.5, 0.6) is 0 Å². The molecule has 1 atom stereocenters. The number of aliphatic hydroxyl groups is 1. The summed E-state index contributed by atoms with van der Waals surface area (Å²) >= 11 is 0. The van der Waals surface area contributed by atoms with E-state index in [1.165, 1.54) is 6.20 Å². The van der Waals surface area contributed by atoms with Crippen LogP contribution in [0.2, 0.25) is 0 Å². The fraction of sp³-hybridized carbons (Fsp3) is 0.533. The summed E-state index contributed by atoms with van der Waals surface area (Å²) in [6.45, 7) is 5.77. The maximum absolute atomic E-state index is 12.4. The van der Waals surface area contributed by atoms with E-state index in [1.54, 1.807) is 25.3 Å². The number of nitrogens with zero attached hydrogens (tertiary/aromatic N) is 1. The van der Waals surface area contributed by atoms with Crippen molar-refractivity contribution in [1.29, 1.82) is 0 Å². The summed E-state index contributed by atoms with van der Waals surface area (Å²) in [5.41, 5.74) is -0.545. The molecule has 0 saturated carbocycles. The molecule has 0 fully saturated rings. The van der Waals surface area contributed by atoms with Gasteiger partial charge in [0.15, 0.2) is 0 Å². The van der Waals surface area contributed by atoms with Crippen molar-refractivity contribution in [2.75, 3.05) is 6.54 Å². The number of sulfonamides is 1. The van der Waals surface area contributed by atoms with Crippen molar-refractivity contribution in [2.24, 2.45) is 5.92 Å². The molecule has 0 aromatic carbocycles. The van der Waals surface area contributed by atoms with Crippen LogP contribution in [0.4, 0.5) is 0 Å². The van der Waals surface area contributed by atoms with Crippen LogP contribution in [0.15, 0.2) is 29.4 Å². The van der Waals surface area contributed by atoms with Gasteiger partial charge in [-0.25, -0.2) is 18.1 Å². The van der Waals surface area contributed by atoms with Gasteiger partial charge in [0, 0.05) is 24.3 Å². The summed E-state index contributed by atoms with van der Waals surface area (Å²) < 4.78 is 27.3. The Labute approximate surface area is 131 Å². The number of pyridine rings is 1. The molecule has 0 saturated heterocycles. The van der Waals surface area contributed by atoms with E-state index in [0.717, 1.165) is 6.42 Å². The van der Waals surface area contributed by atoms with Crippen molar-refractivity contribution >= 4 is 21.1 Å². The van der Waals surface area contributed by atoms with Crippen LogP contribution in [0.25, 0.3) is 11.0 Å². The van der Waals surface area contributed by atoms with E-state index in [-0.39, 0.29) is 11.4 Å². The Morgan fingerprint density at radius 3 is 2.86 bits per heavy atom. The van der Waals surface area contributed by atoms with Crippen molar-refractivity contribution < 1.29 is 13.5 Å². The monoisotopic (exact) mass is 325 g/mol. The van der Waals surface area contributed by atoms with Gasteiger partial charge in [0.1, 0.15) is 10.5 Å². The lowest BCUT2D eigenvalue weighted by Gasteiger charge is -2.24. The SMILES string of the molecule is CC(C)CCC(C)(O)CNS(=O)(=O)c1c[nH]c2ncccc12. The minimum absolute atomic E-state index is 0.0189. The molecular weight excluding hydrogens is 302 g/mol. The first-order valence-electron chi connectivity index (χ1n) is 7.35. The zero-order chi connectivity index (χ0) is 16.4. The number of hydrogen-bond acceptors (Lipinski definition) is 4. The number of rotatable bonds is 7. The van der Waals surface area contributed by atoms with Crippen LogP contribution < -0.4 is 4.72 Å². The molecule has 0 aliphatic carbocycles. The third-order valence-electron chi connectivity index (χ3n) is 3.61. The van der Waals surface area contributed by atoms with Gasteiger partial charge in [-0.1, -0.05) is 13.8 Å². The van der Waals surface area contributed by atoms with Crippen LogP contribution in [0, 0.1) is 5.92 Å². The molecule has 2 aromatic heterocycles. The Kier molecular flexibility index (Phi) is 4.89. The normalized spacial score (nSPS) is 15.3. The quantitative estimate of drug-likeness (QED) is 0.726. The first-order valence-corrected chi connectivity index (χ1v) is 8.84. The van der Waals surface area contributed by atoms with Gasteiger partial charge in [-0.2, -0.15) is 0 Å². The standard InChI is InChI=1S/C15H23N3O3S/c1-11(2)6-7-15(3,19)10-18-22(20,21)13-9-17-14-12(13)5-4-8-16-14/h4-5,8-9,11,18-19H,6-7,10H2,1-3H3,(H,16,17). The van der Waals surface area contributed by atoms with Gasteiger partial charge in [0.2, 0.25) is 10.0 Å². The van der Waals surface area contributed by atoms with Crippen molar-refractivity contribution in [2.45, 2.75) is 44.1 Å². The van der Waals surface area contributed by atoms with Gasteiger partial charge in [-0.15, -0.1) is 0 Å². The second-order valence-corrected chi connectivity index (χ2v) is 8.04. The molecule has 0 aliphatic rings. The fourth-order valence-corrected chi connectivity index (χ4v) is 3.49. The van der Waals surface area contributed by atoms with Gasteiger partial charge in [-0.3, -0.25) is 0 Å². The van der Waals surface area contributed by atoms with Crippen molar-refractivity contribution in [1.82, 2.24) is 14.7 Å². The Morgan fingerprint density at radius 2 is 2.18 bits per heavy atom. The molecule has 0 amide bonds. The van der Waals surface area contributed by atoms with E-state index in [1.807, 2.05) is 0 Å². The third kappa shape index (κ3) is 4.06. The summed E-state index contributed by atoms with van der Waals surface area (Å²) in [6, 6.07) is 3.39. The van der Waals surface area contributed by atoms with Crippen molar-refractivity contribution in [3.63, 3.8) is 0 Å². The zero-order valence-corrected chi connectivity index (χ0v) is 13.9. The highest BCUT2D eigenvalue weighted by Gasteiger charge is 2.26. The van der Waals surface area contributed by atoms with E-state index >= 15 is 0 Å². The Balaban J connectivity index is 2.11. The lowest BCUT2D eigenvalue weighted by atomic mass is 9.96. The lowest BCUT2D eigenvalue weighted by Crippen LogP contribution is -2.40. The summed E-state index contributed by atoms with van der Waals surface area (Å²) in [5.74, 6) is 0.461. The molecule has 6 nitrogen and oxygen atoms in total. The van der Waals surface area contributed by atoms with E-state index < -0.39 is 15.6 Å². The van der Waals surface area contributed by atoms with Crippen LogP contribution in [0.3, 0.4) is 0 Å². The fourth-order valence-electron chi connectivity index (χ4n) is 2.17. The van der Waals surface area contributed by atoms with Gasteiger partial charge in [0.25, 0.3) is 0 Å². The molecule has 122 valence electrons. The van der Waals surface area contributed by atoms with Crippen LogP contribution in [-0.2, 0) is 10.0 Å². The third-order valence-corrected chi connectivity index (χ3v) is 5.05. The topological polar surface area (TPSA) is 95.1 Å². The van der Waals surface area contributed by atoms with Crippen molar-refractivity contribution in [3.8, 4) is 0 Å². The molecule has 0 spiro atoms. The summed E-state index contributed by atoms with van der Waals surface area (Å²) in [4.78, 5) is 7.06. The number of aromatic amines is 1. The Bertz CT molecular complexity index is 735. The minimum Gasteiger partial charge on any atom is -0.389 e.